The first-order valence-electron chi connectivity index (χ1n) is 4.26. The van der Waals surface area contributed by atoms with Gasteiger partial charge in [0.2, 0.25) is 5.88 Å². The van der Waals surface area contributed by atoms with Crippen LogP contribution in [0.4, 0.5) is 0 Å². The number of alkyl halides is 1. The maximum atomic E-state index is 11.2. The Morgan fingerprint density at radius 1 is 1.53 bits per heavy atom. The number of aliphatic hydroxyl groups excluding tert-OH is 2. The van der Waals surface area contributed by atoms with Crippen molar-refractivity contribution in [2.75, 3.05) is 5.88 Å². The molecular formula is C8H11ClN2O4. The van der Waals surface area contributed by atoms with Gasteiger partial charge < -0.3 is 20.3 Å². The maximum Gasteiger partial charge on any atom is 0.260 e. The Labute approximate surface area is 90.2 Å². The lowest BCUT2D eigenvalue weighted by atomic mass is 10.1. The van der Waals surface area contributed by atoms with Crippen molar-refractivity contribution in [1.82, 2.24) is 9.97 Å². The van der Waals surface area contributed by atoms with Gasteiger partial charge in [-0.2, -0.15) is 0 Å². The maximum absolute atomic E-state index is 11.2. The Hall–Kier alpha value is -1.11. The largest absolute Gasteiger partial charge is 0.493 e. The van der Waals surface area contributed by atoms with Crippen LogP contribution in [-0.4, -0.2) is 37.3 Å². The zero-order chi connectivity index (χ0) is 11.4. The van der Waals surface area contributed by atoms with E-state index in [9.17, 15) is 20.1 Å². The topological polar surface area (TPSA) is 106 Å². The Kier molecular flexibility index (Phi) is 4.07. The van der Waals surface area contributed by atoms with E-state index in [1.54, 1.807) is 0 Å². The van der Waals surface area contributed by atoms with Crippen LogP contribution in [-0.2, 0) is 0 Å². The van der Waals surface area contributed by atoms with E-state index in [2.05, 4.69) is 9.97 Å². The van der Waals surface area contributed by atoms with Crippen molar-refractivity contribution in [1.29, 1.82) is 0 Å². The minimum atomic E-state index is -1.50. The van der Waals surface area contributed by atoms with Gasteiger partial charge in [-0.1, -0.05) is 0 Å². The van der Waals surface area contributed by atoms with E-state index in [-0.39, 0.29) is 17.9 Å². The lowest BCUT2D eigenvalue weighted by Gasteiger charge is -2.16. The van der Waals surface area contributed by atoms with E-state index < -0.39 is 23.6 Å². The predicted octanol–water partition coefficient (Wildman–Crippen LogP) is -0.501. The summed E-state index contributed by atoms with van der Waals surface area (Å²) in [5, 5.41) is 28.2. The van der Waals surface area contributed by atoms with E-state index >= 15 is 0 Å². The molecule has 2 unspecified atom stereocenters. The summed E-state index contributed by atoms with van der Waals surface area (Å²) >= 11 is 5.37. The van der Waals surface area contributed by atoms with E-state index in [4.69, 9.17) is 11.6 Å². The third kappa shape index (κ3) is 2.68. The summed E-state index contributed by atoms with van der Waals surface area (Å²) in [7, 11) is 0. The zero-order valence-electron chi connectivity index (χ0n) is 7.72. The average molecular weight is 235 g/mol. The number of hydrogen-bond donors (Lipinski definition) is 4. The number of halogens is 1. The van der Waals surface area contributed by atoms with Gasteiger partial charge in [-0.15, -0.1) is 11.6 Å². The van der Waals surface area contributed by atoms with E-state index in [1.807, 2.05) is 0 Å². The molecule has 6 nitrogen and oxygen atoms in total. The molecule has 0 aliphatic carbocycles. The van der Waals surface area contributed by atoms with E-state index in [0.717, 1.165) is 6.33 Å². The average Bonchev–Trinajstić information content (AvgIpc) is 2.17. The SMILES string of the molecule is O=c1[nH]cnc(O)c1C(O)C(O)CCCl. The Morgan fingerprint density at radius 2 is 2.20 bits per heavy atom. The fraction of sp³-hybridized carbons (Fsp3) is 0.500. The predicted molar refractivity (Wildman–Crippen MR) is 52.8 cm³/mol. The molecule has 0 amide bonds. The Morgan fingerprint density at radius 3 is 2.73 bits per heavy atom. The smallest absolute Gasteiger partial charge is 0.260 e. The Balaban J connectivity index is 3.00. The zero-order valence-corrected chi connectivity index (χ0v) is 8.48. The second-order valence-electron chi connectivity index (χ2n) is 2.96. The summed E-state index contributed by atoms with van der Waals surface area (Å²) in [4.78, 5) is 16.8. The molecule has 0 aliphatic heterocycles. The van der Waals surface area contributed by atoms with Crippen molar-refractivity contribution in [3.63, 3.8) is 0 Å². The molecule has 1 aromatic rings. The highest BCUT2D eigenvalue weighted by molar-refractivity contribution is 6.17. The minimum Gasteiger partial charge on any atom is -0.493 e. The molecular weight excluding hydrogens is 224 g/mol. The summed E-state index contributed by atoms with van der Waals surface area (Å²) in [6.07, 6.45) is -1.60. The van der Waals surface area contributed by atoms with Crippen molar-refractivity contribution in [2.24, 2.45) is 0 Å². The third-order valence-corrected chi connectivity index (χ3v) is 2.15. The molecule has 84 valence electrons. The van der Waals surface area contributed by atoms with Crippen LogP contribution in [0.2, 0.25) is 0 Å². The number of nitrogens with zero attached hydrogens (tertiary/aromatic N) is 1. The molecule has 0 aromatic carbocycles. The molecule has 15 heavy (non-hydrogen) atoms. The molecule has 2 atom stereocenters. The number of aromatic amines is 1. The fourth-order valence-corrected chi connectivity index (χ4v) is 1.35. The van der Waals surface area contributed by atoms with Gasteiger partial charge in [-0.25, -0.2) is 4.98 Å². The van der Waals surface area contributed by atoms with Gasteiger partial charge in [-0.3, -0.25) is 4.79 Å². The van der Waals surface area contributed by atoms with Crippen molar-refractivity contribution < 1.29 is 15.3 Å². The standard InChI is InChI=1S/C8H11ClN2O4/c9-2-1-4(12)6(13)5-7(14)10-3-11-8(5)15/h3-4,6,12-13H,1-2H2,(H2,10,11,14,15). The fourth-order valence-electron chi connectivity index (χ4n) is 1.13. The summed E-state index contributed by atoms with van der Waals surface area (Å²) in [5.74, 6) is -0.461. The molecule has 1 aromatic heterocycles. The quantitative estimate of drug-likeness (QED) is 0.526. The molecule has 0 saturated carbocycles. The lowest BCUT2D eigenvalue weighted by molar-refractivity contribution is 0.0144. The van der Waals surface area contributed by atoms with Crippen molar-refractivity contribution in [3.05, 3.63) is 22.2 Å². The number of H-pyrrole nitrogens is 1. The molecule has 0 saturated heterocycles. The number of hydrogen-bond acceptors (Lipinski definition) is 5. The normalized spacial score (nSPS) is 14.9. The van der Waals surface area contributed by atoms with Gasteiger partial charge in [0.25, 0.3) is 5.56 Å². The first kappa shape index (κ1) is 12.0. The molecule has 0 spiro atoms. The number of aromatic hydroxyl groups is 1. The highest BCUT2D eigenvalue weighted by Gasteiger charge is 2.24. The van der Waals surface area contributed by atoms with Gasteiger partial charge in [-0.05, 0) is 6.42 Å². The van der Waals surface area contributed by atoms with Gasteiger partial charge in [0, 0.05) is 5.88 Å². The number of rotatable bonds is 4. The first-order chi connectivity index (χ1) is 7.07. The lowest BCUT2D eigenvalue weighted by Crippen LogP contribution is -2.26. The van der Waals surface area contributed by atoms with Gasteiger partial charge >= 0.3 is 0 Å². The highest BCUT2D eigenvalue weighted by atomic mass is 35.5. The van der Waals surface area contributed by atoms with Crippen LogP contribution < -0.4 is 5.56 Å². The molecule has 1 rings (SSSR count). The van der Waals surface area contributed by atoms with E-state index in [0.29, 0.717) is 0 Å². The molecule has 4 N–H and O–H groups in total. The van der Waals surface area contributed by atoms with Gasteiger partial charge in [0.1, 0.15) is 11.7 Å². The van der Waals surface area contributed by atoms with Crippen LogP contribution >= 0.6 is 11.6 Å². The Bertz CT molecular complexity index is 381. The highest BCUT2D eigenvalue weighted by Crippen LogP contribution is 2.21. The van der Waals surface area contributed by atoms with Crippen molar-refractivity contribution in [3.8, 4) is 5.88 Å². The first-order valence-corrected chi connectivity index (χ1v) is 4.80. The number of nitrogens with one attached hydrogen (secondary N) is 1. The van der Waals surface area contributed by atoms with Gasteiger partial charge in [0.05, 0.1) is 12.4 Å². The van der Waals surface area contributed by atoms with Gasteiger partial charge in [0.15, 0.2) is 0 Å². The second-order valence-corrected chi connectivity index (χ2v) is 3.34. The summed E-state index contributed by atoms with van der Waals surface area (Å²) in [5.41, 5.74) is -1.04. The third-order valence-electron chi connectivity index (χ3n) is 1.93. The van der Waals surface area contributed by atoms with Crippen LogP contribution in [0.15, 0.2) is 11.1 Å². The minimum absolute atomic E-state index is 0.108. The van der Waals surface area contributed by atoms with Crippen molar-refractivity contribution >= 4 is 11.6 Å². The summed E-state index contributed by atoms with van der Waals surface area (Å²) in [6.45, 7) is 0. The second kappa shape index (κ2) is 5.11. The molecule has 0 bridgehead atoms. The van der Waals surface area contributed by atoms with Crippen LogP contribution in [0.1, 0.15) is 18.1 Å². The van der Waals surface area contributed by atoms with Crippen molar-refractivity contribution in [2.45, 2.75) is 18.6 Å². The molecule has 0 radical (unpaired) electrons. The van der Waals surface area contributed by atoms with Crippen LogP contribution in [0.5, 0.6) is 5.88 Å². The molecule has 0 aliphatic rings. The molecule has 7 heteroatoms. The van der Waals surface area contributed by atoms with Crippen LogP contribution in [0.25, 0.3) is 0 Å². The van der Waals surface area contributed by atoms with Crippen LogP contribution in [0, 0.1) is 0 Å². The molecule has 1 heterocycles. The summed E-state index contributed by atoms with van der Waals surface area (Å²) < 4.78 is 0. The summed E-state index contributed by atoms with van der Waals surface area (Å²) in [6, 6.07) is 0. The number of aliphatic hydroxyl groups is 2. The number of aromatic nitrogens is 2. The molecule has 0 fully saturated rings. The van der Waals surface area contributed by atoms with E-state index in [1.165, 1.54) is 0 Å². The monoisotopic (exact) mass is 234 g/mol. The van der Waals surface area contributed by atoms with Crippen LogP contribution in [0.3, 0.4) is 0 Å².